The average molecular weight is 807 g/mol. The van der Waals surface area contributed by atoms with E-state index in [4.69, 9.17) is 0 Å². The summed E-state index contributed by atoms with van der Waals surface area (Å²) in [4.78, 5) is 5.39. The second-order valence-corrected chi connectivity index (χ2v) is 19.0. The maximum atomic E-state index is 2.72. The SMILES string of the molecule is CC1(C)c2ccccc2-c2c1cc1c3c2-c2ccc4c(sc5ccccc54)c2N(c2ccccc2)B3c2cccc3c2N1c1ccccc1C3(c1ccccc1)c1ccccc1. The predicted molar refractivity (Wildman–Crippen MR) is 262 cm³/mol. The van der Waals surface area contributed by atoms with E-state index in [2.05, 4.69) is 224 Å². The van der Waals surface area contributed by atoms with Gasteiger partial charge in [-0.05, 0) is 91.3 Å². The number of anilines is 5. The molecule has 0 saturated carbocycles. The molecule has 14 rings (SSSR count). The summed E-state index contributed by atoms with van der Waals surface area (Å²) in [5, 5.41) is 2.63. The molecule has 0 radical (unpaired) electrons. The Balaban J connectivity index is 1.21. The van der Waals surface area contributed by atoms with Crippen LogP contribution in [0.25, 0.3) is 42.4 Å². The van der Waals surface area contributed by atoms with Crippen molar-refractivity contribution in [2.75, 3.05) is 9.71 Å². The van der Waals surface area contributed by atoms with Crippen LogP contribution in [0, 0.1) is 0 Å². The van der Waals surface area contributed by atoms with Gasteiger partial charge < -0.3 is 9.71 Å². The third-order valence-corrected chi connectivity index (χ3v) is 15.9. The molecule has 62 heavy (non-hydrogen) atoms. The van der Waals surface area contributed by atoms with E-state index in [0.717, 1.165) is 0 Å². The molecule has 0 atom stereocenters. The first kappa shape index (κ1) is 34.6. The summed E-state index contributed by atoms with van der Waals surface area (Å²) in [7, 11) is 0. The van der Waals surface area contributed by atoms with Gasteiger partial charge in [0.1, 0.15) is 0 Å². The van der Waals surface area contributed by atoms with Crippen LogP contribution in [0.3, 0.4) is 0 Å². The molecule has 9 aromatic carbocycles. The summed E-state index contributed by atoms with van der Waals surface area (Å²) in [5.74, 6) is 0. The topological polar surface area (TPSA) is 6.48 Å². The van der Waals surface area contributed by atoms with Gasteiger partial charge in [-0.3, -0.25) is 0 Å². The van der Waals surface area contributed by atoms with Gasteiger partial charge in [-0.1, -0.05) is 184 Å². The standard InChI is InChI=1S/C58H39BN2S/c1-57(2)43-27-14-12-26-41(43)51-46(57)35-49-53-52(51)42-34-33-40-39-25-13-17-32-50(39)62-56(40)54(42)61(38-23-10-5-11-24-38)59(53)47-30-18-29-45-55(47)60(49)48-31-16-15-28-44(48)58(45,36-19-6-3-7-20-36)37-21-8-4-9-22-37/h3-35H,1-2H3. The first-order valence-electron chi connectivity index (χ1n) is 21.8. The molecule has 0 saturated heterocycles. The number of nitrogens with zero attached hydrogens (tertiary/aromatic N) is 2. The third-order valence-electron chi connectivity index (χ3n) is 14.7. The van der Waals surface area contributed by atoms with Crippen molar-refractivity contribution in [1.82, 2.24) is 0 Å². The molecular weight excluding hydrogens is 768 g/mol. The van der Waals surface area contributed by atoms with E-state index in [1.165, 1.54) is 115 Å². The first-order valence-corrected chi connectivity index (χ1v) is 22.6. The van der Waals surface area contributed by atoms with Gasteiger partial charge >= 0.3 is 6.85 Å². The van der Waals surface area contributed by atoms with Crippen molar-refractivity contribution >= 4 is 77.7 Å². The molecule has 10 aromatic rings. The van der Waals surface area contributed by atoms with Crippen LogP contribution in [0.4, 0.5) is 28.4 Å². The van der Waals surface area contributed by atoms with Crippen molar-refractivity contribution in [3.8, 4) is 22.3 Å². The molecule has 0 unspecified atom stereocenters. The fraction of sp³-hybridized carbons (Fsp3) is 0.0690. The van der Waals surface area contributed by atoms with Crippen molar-refractivity contribution in [3.63, 3.8) is 0 Å². The zero-order valence-corrected chi connectivity index (χ0v) is 35.2. The van der Waals surface area contributed by atoms with Gasteiger partial charge in [-0.15, -0.1) is 11.3 Å². The lowest BCUT2D eigenvalue weighted by Gasteiger charge is -2.52. The third kappa shape index (κ3) is 4.16. The second kappa shape index (κ2) is 12.2. The Labute approximate surface area is 366 Å². The summed E-state index contributed by atoms with van der Waals surface area (Å²) in [5.41, 5.74) is 21.5. The van der Waals surface area contributed by atoms with E-state index in [9.17, 15) is 0 Å². The fourth-order valence-electron chi connectivity index (χ4n) is 12.2. The molecule has 0 bridgehead atoms. The molecule has 4 heterocycles. The maximum absolute atomic E-state index is 2.72. The summed E-state index contributed by atoms with van der Waals surface area (Å²) >= 11 is 1.94. The Morgan fingerprint density at radius 1 is 0.468 bits per heavy atom. The van der Waals surface area contributed by atoms with Crippen LogP contribution >= 0.6 is 11.3 Å². The molecule has 0 fully saturated rings. The number of para-hydroxylation sites is 3. The monoisotopic (exact) mass is 806 g/mol. The van der Waals surface area contributed by atoms with Crippen LogP contribution < -0.4 is 20.6 Å². The van der Waals surface area contributed by atoms with Crippen molar-refractivity contribution in [2.24, 2.45) is 0 Å². The zero-order chi connectivity index (χ0) is 40.9. The molecule has 1 aromatic heterocycles. The van der Waals surface area contributed by atoms with Gasteiger partial charge in [0, 0.05) is 43.5 Å². The quantitative estimate of drug-likeness (QED) is 0.164. The maximum Gasteiger partial charge on any atom is 0.333 e. The molecule has 0 N–H and O–H groups in total. The van der Waals surface area contributed by atoms with Gasteiger partial charge in [0.15, 0.2) is 0 Å². The van der Waals surface area contributed by atoms with Gasteiger partial charge in [0.05, 0.1) is 21.5 Å². The van der Waals surface area contributed by atoms with Gasteiger partial charge in [0.25, 0.3) is 0 Å². The summed E-state index contributed by atoms with van der Waals surface area (Å²) < 4.78 is 2.66. The fourth-order valence-corrected chi connectivity index (χ4v) is 13.5. The molecule has 2 nitrogen and oxygen atoms in total. The highest BCUT2D eigenvalue weighted by molar-refractivity contribution is 7.26. The number of hydrogen-bond donors (Lipinski definition) is 0. The minimum atomic E-state index is -0.573. The van der Waals surface area contributed by atoms with Crippen molar-refractivity contribution < 1.29 is 0 Å². The van der Waals surface area contributed by atoms with E-state index >= 15 is 0 Å². The zero-order valence-electron chi connectivity index (χ0n) is 34.4. The van der Waals surface area contributed by atoms with Crippen LogP contribution in [-0.2, 0) is 10.8 Å². The molecule has 4 heteroatoms. The smallest absolute Gasteiger partial charge is 0.333 e. The lowest BCUT2D eigenvalue weighted by atomic mass is 9.42. The minimum absolute atomic E-state index is 0.118. The van der Waals surface area contributed by atoms with Crippen molar-refractivity contribution in [2.45, 2.75) is 24.7 Å². The highest BCUT2D eigenvalue weighted by Crippen LogP contribution is 2.63. The summed E-state index contributed by atoms with van der Waals surface area (Å²) in [6.07, 6.45) is 0. The number of thiophene rings is 1. The second-order valence-electron chi connectivity index (χ2n) is 17.9. The average Bonchev–Trinajstić information content (AvgIpc) is 3.82. The largest absolute Gasteiger partial charge is 0.375 e. The van der Waals surface area contributed by atoms with Gasteiger partial charge in [-0.25, -0.2) is 0 Å². The molecular formula is C58H39BN2S. The Morgan fingerprint density at radius 2 is 1.11 bits per heavy atom. The van der Waals surface area contributed by atoms with Crippen molar-refractivity contribution in [1.29, 1.82) is 0 Å². The molecule has 0 amide bonds. The van der Waals surface area contributed by atoms with E-state index in [1.807, 2.05) is 11.3 Å². The number of rotatable bonds is 3. The highest BCUT2D eigenvalue weighted by Gasteiger charge is 2.54. The van der Waals surface area contributed by atoms with Gasteiger partial charge in [0.2, 0.25) is 0 Å². The normalized spacial score (nSPS) is 15.4. The Hall–Kier alpha value is -7.14. The van der Waals surface area contributed by atoms with E-state index in [0.29, 0.717) is 0 Å². The van der Waals surface area contributed by atoms with Crippen LogP contribution in [0.15, 0.2) is 200 Å². The predicted octanol–water partition coefficient (Wildman–Crippen LogP) is 13.8. The molecule has 4 aliphatic rings. The number of hydrogen-bond acceptors (Lipinski definition) is 3. The minimum Gasteiger partial charge on any atom is -0.375 e. The Bertz CT molecular complexity index is 3480. The Morgan fingerprint density at radius 3 is 1.89 bits per heavy atom. The number of benzene rings is 9. The first-order chi connectivity index (χ1) is 30.6. The van der Waals surface area contributed by atoms with E-state index in [1.54, 1.807) is 0 Å². The molecule has 3 aliphatic heterocycles. The van der Waals surface area contributed by atoms with E-state index in [-0.39, 0.29) is 12.3 Å². The van der Waals surface area contributed by atoms with Crippen LogP contribution in [0.1, 0.15) is 47.2 Å². The van der Waals surface area contributed by atoms with Gasteiger partial charge in [-0.2, -0.15) is 0 Å². The summed E-state index contributed by atoms with van der Waals surface area (Å²) in [6, 6.07) is 75.8. The lowest BCUT2D eigenvalue weighted by molar-refractivity contribution is 0.660. The number of fused-ring (bicyclic) bond motifs is 14. The van der Waals surface area contributed by atoms with Crippen LogP contribution in [0.2, 0.25) is 0 Å². The molecule has 290 valence electrons. The van der Waals surface area contributed by atoms with Crippen LogP contribution in [0.5, 0.6) is 0 Å². The summed E-state index contributed by atoms with van der Waals surface area (Å²) in [6.45, 7) is 4.75. The van der Waals surface area contributed by atoms with E-state index < -0.39 is 5.41 Å². The van der Waals surface area contributed by atoms with Crippen molar-refractivity contribution in [3.05, 3.63) is 234 Å². The lowest BCUT2D eigenvalue weighted by Crippen LogP contribution is -2.63. The Kier molecular flexibility index (Phi) is 6.83. The molecule has 1 aliphatic carbocycles. The molecule has 0 spiro atoms. The highest BCUT2D eigenvalue weighted by atomic mass is 32.1. The van der Waals surface area contributed by atoms with Crippen LogP contribution in [-0.4, -0.2) is 6.85 Å².